The number of hydrogen-bond acceptors (Lipinski definition) is 3. The Kier molecular flexibility index (Phi) is 5.01. The fourth-order valence-electron chi connectivity index (χ4n) is 3.09. The monoisotopic (exact) mass is 254 g/mol. The SMILES string of the molecule is CC1CN(CC(=O)NC2CCCCC2)CCC1O. The van der Waals surface area contributed by atoms with Crippen LogP contribution in [-0.2, 0) is 4.79 Å². The van der Waals surface area contributed by atoms with Crippen molar-refractivity contribution < 1.29 is 9.90 Å². The summed E-state index contributed by atoms with van der Waals surface area (Å²) in [6.07, 6.45) is 6.69. The van der Waals surface area contributed by atoms with Crippen molar-refractivity contribution in [3.8, 4) is 0 Å². The average Bonchev–Trinajstić information content (AvgIpc) is 2.35. The zero-order valence-electron chi connectivity index (χ0n) is 11.4. The summed E-state index contributed by atoms with van der Waals surface area (Å²) in [7, 11) is 0. The first kappa shape index (κ1) is 13.8. The second-order valence-electron chi connectivity index (χ2n) is 5.97. The molecule has 4 heteroatoms. The van der Waals surface area contributed by atoms with Crippen LogP contribution in [-0.4, -0.2) is 47.7 Å². The van der Waals surface area contributed by atoms with E-state index in [0.717, 1.165) is 32.4 Å². The van der Waals surface area contributed by atoms with Crippen molar-refractivity contribution in [3.05, 3.63) is 0 Å². The summed E-state index contributed by atoms with van der Waals surface area (Å²) < 4.78 is 0. The quantitative estimate of drug-likeness (QED) is 0.794. The molecule has 2 unspecified atom stereocenters. The molecule has 1 saturated heterocycles. The molecule has 2 fully saturated rings. The maximum absolute atomic E-state index is 12.0. The second kappa shape index (κ2) is 6.53. The van der Waals surface area contributed by atoms with E-state index in [9.17, 15) is 9.90 Å². The Morgan fingerprint density at radius 2 is 2.00 bits per heavy atom. The Morgan fingerprint density at radius 1 is 1.28 bits per heavy atom. The van der Waals surface area contributed by atoms with Gasteiger partial charge in [-0.3, -0.25) is 9.69 Å². The predicted molar refractivity (Wildman–Crippen MR) is 71.2 cm³/mol. The Hall–Kier alpha value is -0.610. The number of piperidine rings is 1. The summed E-state index contributed by atoms with van der Waals surface area (Å²) in [5, 5.41) is 12.8. The first-order valence-corrected chi connectivity index (χ1v) is 7.35. The molecule has 2 rings (SSSR count). The van der Waals surface area contributed by atoms with Crippen molar-refractivity contribution in [1.29, 1.82) is 0 Å². The van der Waals surface area contributed by atoms with Gasteiger partial charge in [-0.2, -0.15) is 0 Å². The number of amides is 1. The molecular weight excluding hydrogens is 228 g/mol. The zero-order chi connectivity index (χ0) is 13.0. The summed E-state index contributed by atoms with van der Waals surface area (Å²) in [5.41, 5.74) is 0. The largest absolute Gasteiger partial charge is 0.393 e. The van der Waals surface area contributed by atoms with Gasteiger partial charge < -0.3 is 10.4 Å². The number of carbonyl (C=O) groups is 1. The number of nitrogens with one attached hydrogen (secondary N) is 1. The number of carbonyl (C=O) groups excluding carboxylic acids is 1. The number of aliphatic hydroxyl groups excluding tert-OH is 1. The molecule has 0 spiro atoms. The minimum absolute atomic E-state index is 0.158. The van der Waals surface area contributed by atoms with E-state index in [1.165, 1.54) is 19.3 Å². The van der Waals surface area contributed by atoms with Gasteiger partial charge >= 0.3 is 0 Å². The standard InChI is InChI=1S/C14H26N2O2/c1-11-9-16(8-7-13(11)17)10-14(18)15-12-5-3-2-4-6-12/h11-13,17H,2-10H2,1H3,(H,15,18). The van der Waals surface area contributed by atoms with Gasteiger partial charge in [-0.15, -0.1) is 0 Å². The van der Waals surface area contributed by atoms with Crippen LogP contribution in [0.2, 0.25) is 0 Å². The Balaban J connectivity index is 1.70. The first-order valence-electron chi connectivity index (χ1n) is 7.35. The molecule has 18 heavy (non-hydrogen) atoms. The molecule has 1 heterocycles. The number of likely N-dealkylation sites (tertiary alicyclic amines) is 1. The van der Waals surface area contributed by atoms with E-state index in [1.54, 1.807) is 0 Å². The van der Waals surface area contributed by atoms with E-state index in [0.29, 0.717) is 12.6 Å². The molecule has 0 radical (unpaired) electrons. The normalized spacial score (nSPS) is 31.2. The molecule has 0 bridgehead atoms. The molecule has 2 N–H and O–H groups in total. The smallest absolute Gasteiger partial charge is 0.234 e. The molecule has 0 aromatic carbocycles. The van der Waals surface area contributed by atoms with Crippen molar-refractivity contribution in [3.63, 3.8) is 0 Å². The Bertz CT molecular complexity index is 277. The van der Waals surface area contributed by atoms with Crippen molar-refractivity contribution in [2.45, 2.75) is 57.6 Å². The number of nitrogens with zero attached hydrogens (tertiary/aromatic N) is 1. The highest BCUT2D eigenvalue weighted by atomic mass is 16.3. The van der Waals surface area contributed by atoms with Crippen LogP contribution in [0.5, 0.6) is 0 Å². The zero-order valence-corrected chi connectivity index (χ0v) is 11.4. The number of rotatable bonds is 3. The van der Waals surface area contributed by atoms with E-state index < -0.39 is 0 Å². The second-order valence-corrected chi connectivity index (χ2v) is 5.97. The van der Waals surface area contributed by atoms with Crippen LogP contribution >= 0.6 is 0 Å². The van der Waals surface area contributed by atoms with Crippen LogP contribution in [0.15, 0.2) is 0 Å². The minimum Gasteiger partial charge on any atom is -0.393 e. The van der Waals surface area contributed by atoms with E-state index in [-0.39, 0.29) is 17.9 Å². The molecule has 1 aliphatic carbocycles. The fourth-order valence-corrected chi connectivity index (χ4v) is 3.09. The fraction of sp³-hybridized carbons (Fsp3) is 0.929. The van der Waals surface area contributed by atoms with Gasteiger partial charge in [0.1, 0.15) is 0 Å². The van der Waals surface area contributed by atoms with Gasteiger partial charge in [0.05, 0.1) is 12.6 Å². The summed E-state index contributed by atoms with van der Waals surface area (Å²) in [4.78, 5) is 14.1. The molecular formula is C14H26N2O2. The molecule has 104 valence electrons. The van der Waals surface area contributed by atoms with Gasteiger partial charge in [0, 0.05) is 19.1 Å². The third-order valence-electron chi connectivity index (χ3n) is 4.28. The van der Waals surface area contributed by atoms with E-state index in [2.05, 4.69) is 17.1 Å². The lowest BCUT2D eigenvalue weighted by atomic mass is 9.95. The number of hydrogen-bond donors (Lipinski definition) is 2. The van der Waals surface area contributed by atoms with Crippen LogP contribution in [0.1, 0.15) is 45.4 Å². The van der Waals surface area contributed by atoms with Crippen LogP contribution in [0.3, 0.4) is 0 Å². The highest BCUT2D eigenvalue weighted by Gasteiger charge is 2.25. The van der Waals surface area contributed by atoms with Gasteiger partial charge in [-0.1, -0.05) is 26.2 Å². The average molecular weight is 254 g/mol. The highest BCUT2D eigenvalue weighted by Crippen LogP contribution is 2.18. The molecule has 1 amide bonds. The molecule has 2 aliphatic rings. The lowest BCUT2D eigenvalue weighted by Crippen LogP contribution is -2.48. The predicted octanol–water partition coefficient (Wildman–Crippen LogP) is 1.14. The Labute approximate surface area is 110 Å². The van der Waals surface area contributed by atoms with Crippen LogP contribution in [0, 0.1) is 5.92 Å². The molecule has 1 saturated carbocycles. The molecule has 4 nitrogen and oxygen atoms in total. The van der Waals surface area contributed by atoms with E-state index in [1.807, 2.05) is 0 Å². The van der Waals surface area contributed by atoms with Crippen molar-refractivity contribution in [2.24, 2.45) is 5.92 Å². The topological polar surface area (TPSA) is 52.6 Å². The summed E-state index contributed by atoms with van der Waals surface area (Å²) in [5.74, 6) is 0.437. The maximum Gasteiger partial charge on any atom is 0.234 e. The molecule has 0 aromatic heterocycles. The third kappa shape index (κ3) is 3.95. The van der Waals surface area contributed by atoms with E-state index in [4.69, 9.17) is 0 Å². The van der Waals surface area contributed by atoms with Crippen LogP contribution in [0.4, 0.5) is 0 Å². The third-order valence-corrected chi connectivity index (χ3v) is 4.28. The first-order chi connectivity index (χ1) is 8.65. The Morgan fingerprint density at radius 3 is 2.67 bits per heavy atom. The van der Waals surface area contributed by atoms with Gasteiger partial charge in [0.25, 0.3) is 0 Å². The summed E-state index contributed by atoms with van der Waals surface area (Å²) >= 11 is 0. The van der Waals surface area contributed by atoms with Crippen LogP contribution in [0.25, 0.3) is 0 Å². The summed E-state index contributed by atoms with van der Waals surface area (Å²) in [6, 6.07) is 0.402. The highest BCUT2D eigenvalue weighted by molar-refractivity contribution is 5.78. The van der Waals surface area contributed by atoms with Gasteiger partial charge in [0.15, 0.2) is 0 Å². The minimum atomic E-state index is -0.192. The van der Waals surface area contributed by atoms with Gasteiger partial charge in [-0.25, -0.2) is 0 Å². The van der Waals surface area contributed by atoms with Crippen LogP contribution < -0.4 is 5.32 Å². The van der Waals surface area contributed by atoms with Crippen molar-refractivity contribution in [2.75, 3.05) is 19.6 Å². The lowest BCUT2D eigenvalue weighted by molar-refractivity contribution is -0.124. The molecule has 1 aliphatic heterocycles. The molecule has 2 atom stereocenters. The van der Waals surface area contributed by atoms with E-state index >= 15 is 0 Å². The van der Waals surface area contributed by atoms with Crippen molar-refractivity contribution in [1.82, 2.24) is 10.2 Å². The molecule has 0 aromatic rings. The number of aliphatic hydroxyl groups is 1. The maximum atomic E-state index is 12.0. The lowest BCUT2D eigenvalue weighted by Gasteiger charge is -2.34. The van der Waals surface area contributed by atoms with Crippen molar-refractivity contribution >= 4 is 5.91 Å². The van der Waals surface area contributed by atoms with Gasteiger partial charge in [-0.05, 0) is 25.2 Å². The summed E-state index contributed by atoms with van der Waals surface area (Å²) in [6.45, 7) is 4.21. The van der Waals surface area contributed by atoms with Gasteiger partial charge in [0.2, 0.25) is 5.91 Å².